The van der Waals surface area contributed by atoms with Gasteiger partial charge in [0.2, 0.25) is 0 Å². The minimum atomic E-state index is 0.268. The Morgan fingerprint density at radius 1 is 1.38 bits per heavy atom. The quantitative estimate of drug-likeness (QED) is 0.917. The van der Waals surface area contributed by atoms with Crippen molar-refractivity contribution >= 4 is 5.69 Å². The van der Waals surface area contributed by atoms with Gasteiger partial charge in [0, 0.05) is 24.5 Å². The van der Waals surface area contributed by atoms with Crippen molar-refractivity contribution in [3.63, 3.8) is 0 Å². The third kappa shape index (κ3) is 3.18. The number of anilines is 1. The molecular weight excluding hydrogens is 260 g/mol. The van der Waals surface area contributed by atoms with Crippen LogP contribution < -0.4 is 10.1 Å². The molecule has 1 fully saturated rings. The summed E-state index contributed by atoms with van der Waals surface area (Å²) in [7, 11) is 0. The van der Waals surface area contributed by atoms with Crippen molar-refractivity contribution in [1.82, 2.24) is 4.90 Å². The molecular formula is C18H28N2O. The lowest BCUT2D eigenvalue weighted by Gasteiger charge is -2.42. The highest BCUT2D eigenvalue weighted by atomic mass is 16.5. The van der Waals surface area contributed by atoms with Gasteiger partial charge in [-0.1, -0.05) is 19.1 Å². The predicted molar refractivity (Wildman–Crippen MR) is 88.2 cm³/mol. The maximum Gasteiger partial charge on any atom is 0.142 e. The molecule has 0 aromatic heterocycles. The van der Waals surface area contributed by atoms with E-state index in [-0.39, 0.29) is 5.41 Å². The van der Waals surface area contributed by atoms with Gasteiger partial charge >= 0.3 is 0 Å². The molecule has 3 nitrogen and oxygen atoms in total. The van der Waals surface area contributed by atoms with Gasteiger partial charge in [-0.3, -0.25) is 0 Å². The summed E-state index contributed by atoms with van der Waals surface area (Å²) in [6, 6.07) is 7.05. The van der Waals surface area contributed by atoms with Crippen molar-refractivity contribution in [2.24, 2.45) is 5.41 Å². The second-order valence-corrected chi connectivity index (χ2v) is 7.23. The Labute approximate surface area is 128 Å². The fourth-order valence-electron chi connectivity index (χ4n) is 3.60. The van der Waals surface area contributed by atoms with E-state index in [0.717, 1.165) is 31.9 Å². The topological polar surface area (TPSA) is 24.5 Å². The van der Waals surface area contributed by atoms with Crippen molar-refractivity contribution in [3.05, 3.63) is 23.8 Å². The lowest BCUT2D eigenvalue weighted by Crippen LogP contribution is -2.47. The SMILES string of the molecule is CC(C)N1CCCC(C)(COc2cccc3c2NCC3)C1. The van der Waals surface area contributed by atoms with E-state index >= 15 is 0 Å². The van der Waals surface area contributed by atoms with Gasteiger partial charge in [0.1, 0.15) is 5.75 Å². The van der Waals surface area contributed by atoms with Crippen LogP contribution in [0.2, 0.25) is 0 Å². The Bertz CT molecular complexity index is 500. The summed E-state index contributed by atoms with van der Waals surface area (Å²) in [5, 5.41) is 3.46. The van der Waals surface area contributed by atoms with Crippen molar-refractivity contribution in [3.8, 4) is 5.75 Å². The molecule has 0 amide bonds. The molecule has 21 heavy (non-hydrogen) atoms. The zero-order chi connectivity index (χ0) is 14.9. The number of hydrogen-bond acceptors (Lipinski definition) is 3. The highest BCUT2D eigenvalue weighted by Gasteiger charge is 2.33. The number of rotatable bonds is 4. The molecule has 1 saturated heterocycles. The molecule has 0 saturated carbocycles. The lowest BCUT2D eigenvalue weighted by molar-refractivity contribution is 0.0407. The molecule has 2 aliphatic heterocycles. The molecule has 1 atom stereocenters. The zero-order valence-corrected chi connectivity index (χ0v) is 13.6. The van der Waals surface area contributed by atoms with Crippen molar-refractivity contribution in [2.45, 2.75) is 46.1 Å². The third-order valence-electron chi connectivity index (χ3n) is 4.93. The molecule has 1 aromatic carbocycles. The highest BCUT2D eigenvalue weighted by Crippen LogP contribution is 2.36. The highest BCUT2D eigenvalue weighted by molar-refractivity contribution is 5.65. The summed E-state index contributed by atoms with van der Waals surface area (Å²) >= 11 is 0. The molecule has 3 rings (SSSR count). The van der Waals surface area contributed by atoms with Crippen LogP contribution in [-0.2, 0) is 6.42 Å². The van der Waals surface area contributed by atoms with Crippen molar-refractivity contribution in [2.75, 3.05) is 31.6 Å². The number of para-hydroxylation sites is 1. The van der Waals surface area contributed by atoms with E-state index in [2.05, 4.69) is 49.2 Å². The third-order valence-corrected chi connectivity index (χ3v) is 4.93. The molecule has 1 unspecified atom stereocenters. The smallest absolute Gasteiger partial charge is 0.142 e. The monoisotopic (exact) mass is 288 g/mol. The Morgan fingerprint density at radius 3 is 3.05 bits per heavy atom. The summed E-state index contributed by atoms with van der Waals surface area (Å²) in [4.78, 5) is 2.58. The summed E-state index contributed by atoms with van der Waals surface area (Å²) in [5.74, 6) is 1.04. The molecule has 0 bridgehead atoms. The van der Waals surface area contributed by atoms with E-state index in [4.69, 9.17) is 4.74 Å². The number of hydrogen-bond donors (Lipinski definition) is 1. The van der Waals surface area contributed by atoms with Crippen LogP contribution in [0.3, 0.4) is 0 Å². The molecule has 0 aliphatic carbocycles. The first-order valence-electron chi connectivity index (χ1n) is 8.30. The molecule has 2 heterocycles. The number of likely N-dealkylation sites (tertiary alicyclic amines) is 1. The van der Waals surface area contributed by atoms with Crippen molar-refractivity contribution < 1.29 is 4.74 Å². The lowest BCUT2D eigenvalue weighted by atomic mass is 9.82. The summed E-state index contributed by atoms with van der Waals surface area (Å²) in [5.41, 5.74) is 2.88. The molecule has 0 radical (unpaired) electrons. The van der Waals surface area contributed by atoms with E-state index in [0.29, 0.717) is 6.04 Å². The van der Waals surface area contributed by atoms with Gasteiger partial charge in [-0.25, -0.2) is 0 Å². The van der Waals surface area contributed by atoms with Crippen LogP contribution in [0.15, 0.2) is 18.2 Å². The Hall–Kier alpha value is -1.22. The fourth-order valence-corrected chi connectivity index (χ4v) is 3.60. The standard InChI is InChI=1S/C18H28N2O/c1-14(2)20-11-5-9-18(3,12-20)13-21-16-7-4-6-15-8-10-19-17(15)16/h4,6-7,14,19H,5,8-13H2,1-3H3. The van der Waals surface area contributed by atoms with Crippen LogP contribution in [0, 0.1) is 5.41 Å². The van der Waals surface area contributed by atoms with Gasteiger partial charge in [-0.05, 0) is 51.3 Å². The maximum atomic E-state index is 6.23. The van der Waals surface area contributed by atoms with Gasteiger partial charge in [0.15, 0.2) is 0 Å². The first kappa shape index (κ1) is 14.7. The van der Waals surface area contributed by atoms with Gasteiger partial charge in [0.25, 0.3) is 0 Å². The predicted octanol–water partition coefficient (Wildman–Crippen LogP) is 3.54. The normalized spacial score (nSPS) is 25.7. The Kier molecular flexibility index (Phi) is 4.12. The average Bonchev–Trinajstić information content (AvgIpc) is 2.94. The number of fused-ring (bicyclic) bond motifs is 1. The molecule has 1 N–H and O–H groups in total. The van der Waals surface area contributed by atoms with Crippen LogP contribution in [0.4, 0.5) is 5.69 Å². The molecule has 2 aliphatic rings. The van der Waals surface area contributed by atoms with Crippen LogP contribution >= 0.6 is 0 Å². The summed E-state index contributed by atoms with van der Waals surface area (Å²) in [6.07, 6.45) is 3.66. The van der Waals surface area contributed by atoms with Crippen LogP contribution in [0.5, 0.6) is 5.75 Å². The average molecular weight is 288 g/mol. The minimum absolute atomic E-state index is 0.268. The number of ether oxygens (including phenoxy) is 1. The van der Waals surface area contributed by atoms with E-state index in [1.165, 1.54) is 30.6 Å². The van der Waals surface area contributed by atoms with E-state index in [9.17, 15) is 0 Å². The molecule has 1 aromatic rings. The Morgan fingerprint density at radius 2 is 2.24 bits per heavy atom. The largest absolute Gasteiger partial charge is 0.491 e. The molecule has 116 valence electrons. The second-order valence-electron chi connectivity index (χ2n) is 7.23. The van der Waals surface area contributed by atoms with Crippen LogP contribution in [0.25, 0.3) is 0 Å². The van der Waals surface area contributed by atoms with Crippen LogP contribution in [-0.4, -0.2) is 37.2 Å². The van der Waals surface area contributed by atoms with E-state index in [1.54, 1.807) is 0 Å². The van der Waals surface area contributed by atoms with Gasteiger partial charge < -0.3 is 15.0 Å². The summed E-state index contributed by atoms with van der Waals surface area (Å²) < 4.78 is 6.23. The first-order chi connectivity index (χ1) is 10.1. The van der Waals surface area contributed by atoms with Crippen molar-refractivity contribution in [1.29, 1.82) is 0 Å². The number of nitrogens with one attached hydrogen (secondary N) is 1. The molecule has 0 spiro atoms. The number of benzene rings is 1. The minimum Gasteiger partial charge on any atom is -0.491 e. The Balaban J connectivity index is 1.66. The first-order valence-corrected chi connectivity index (χ1v) is 8.30. The second kappa shape index (κ2) is 5.88. The fraction of sp³-hybridized carbons (Fsp3) is 0.667. The van der Waals surface area contributed by atoms with Gasteiger partial charge in [0.05, 0.1) is 12.3 Å². The zero-order valence-electron chi connectivity index (χ0n) is 13.6. The van der Waals surface area contributed by atoms with E-state index in [1.807, 2.05) is 0 Å². The summed E-state index contributed by atoms with van der Waals surface area (Å²) in [6.45, 7) is 11.2. The number of piperidine rings is 1. The van der Waals surface area contributed by atoms with Gasteiger partial charge in [-0.15, -0.1) is 0 Å². The molecule has 3 heteroatoms. The van der Waals surface area contributed by atoms with E-state index < -0.39 is 0 Å². The van der Waals surface area contributed by atoms with Gasteiger partial charge in [-0.2, -0.15) is 0 Å². The van der Waals surface area contributed by atoms with Crippen LogP contribution in [0.1, 0.15) is 39.2 Å². The maximum absolute atomic E-state index is 6.23. The number of nitrogens with zero attached hydrogens (tertiary/aromatic N) is 1.